The van der Waals surface area contributed by atoms with Gasteiger partial charge in [0.1, 0.15) is 0 Å². The summed E-state index contributed by atoms with van der Waals surface area (Å²) < 4.78 is 5.42. The molecule has 0 saturated carbocycles. The van der Waals surface area contributed by atoms with Gasteiger partial charge in [0.05, 0.1) is 6.04 Å². The van der Waals surface area contributed by atoms with Gasteiger partial charge < -0.3 is 9.73 Å². The van der Waals surface area contributed by atoms with E-state index in [1.807, 2.05) is 13.0 Å². The average molecular weight is 250 g/mol. The Hall–Kier alpha value is -1.69. The van der Waals surface area contributed by atoms with Crippen LogP contribution in [0.15, 0.2) is 16.1 Å². The molecule has 18 heavy (non-hydrogen) atoms. The van der Waals surface area contributed by atoms with Gasteiger partial charge in [-0.15, -0.1) is 5.10 Å². The molecule has 6 nitrogen and oxygen atoms in total. The van der Waals surface area contributed by atoms with Crippen molar-refractivity contribution in [1.82, 2.24) is 15.5 Å². The molecule has 1 aromatic heterocycles. The number of allylic oxidation sites excluding steroid dienone is 1. The standard InChI is InChI=1S/C12H18N4O2/c1-3-5-8(2)10(17)14-12-16-15-11(18-12)9-6-4-7-13-9/h5,9,13H,3-4,6-7H2,1-2H3,(H,14,16,17)/b8-5-. The zero-order valence-corrected chi connectivity index (χ0v) is 10.7. The number of nitrogens with one attached hydrogen (secondary N) is 2. The predicted molar refractivity (Wildman–Crippen MR) is 67.0 cm³/mol. The van der Waals surface area contributed by atoms with E-state index in [0.29, 0.717) is 11.5 Å². The van der Waals surface area contributed by atoms with Crippen LogP contribution >= 0.6 is 0 Å². The Morgan fingerprint density at radius 3 is 3.11 bits per heavy atom. The van der Waals surface area contributed by atoms with Crippen molar-refractivity contribution >= 4 is 11.9 Å². The normalized spacial score (nSPS) is 20.1. The second kappa shape index (κ2) is 5.77. The van der Waals surface area contributed by atoms with Crippen LogP contribution in [0.2, 0.25) is 0 Å². The van der Waals surface area contributed by atoms with Crippen molar-refractivity contribution < 1.29 is 9.21 Å². The maximum atomic E-state index is 11.7. The zero-order valence-electron chi connectivity index (χ0n) is 10.7. The molecule has 1 atom stereocenters. The molecule has 1 aliphatic heterocycles. The Labute approximate surface area is 106 Å². The van der Waals surface area contributed by atoms with Gasteiger partial charge in [-0.05, 0) is 32.7 Å². The molecular formula is C12H18N4O2. The van der Waals surface area contributed by atoms with E-state index in [1.165, 1.54) is 0 Å². The largest absolute Gasteiger partial charge is 0.406 e. The van der Waals surface area contributed by atoms with Crippen LogP contribution in [0.25, 0.3) is 0 Å². The molecule has 1 aliphatic rings. The average Bonchev–Trinajstić information content (AvgIpc) is 2.98. The van der Waals surface area contributed by atoms with Crippen molar-refractivity contribution in [1.29, 1.82) is 0 Å². The van der Waals surface area contributed by atoms with E-state index in [0.717, 1.165) is 25.8 Å². The molecule has 1 amide bonds. The number of aromatic nitrogens is 2. The molecular weight excluding hydrogens is 232 g/mol. The summed E-state index contributed by atoms with van der Waals surface area (Å²) in [6, 6.07) is 0.281. The number of rotatable bonds is 4. The van der Waals surface area contributed by atoms with Gasteiger partial charge in [-0.2, -0.15) is 0 Å². The number of hydrogen-bond acceptors (Lipinski definition) is 5. The van der Waals surface area contributed by atoms with E-state index in [1.54, 1.807) is 6.92 Å². The summed E-state index contributed by atoms with van der Waals surface area (Å²) in [6.07, 6.45) is 4.77. The minimum atomic E-state index is -0.202. The highest BCUT2D eigenvalue weighted by Gasteiger charge is 2.22. The second-order valence-corrected chi connectivity index (χ2v) is 4.34. The molecule has 0 spiro atoms. The number of nitrogens with zero attached hydrogens (tertiary/aromatic N) is 2. The fourth-order valence-electron chi connectivity index (χ4n) is 1.92. The maximum absolute atomic E-state index is 11.7. The lowest BCUT2D eigenvalue weighted by Gasteiger charge is -2.03. The Morgan fingerprint density at radius 2 is 2.44 bits per heavy atom. The predicted octanol–water partition coefficient (Wildman–Crippen LogP) is 1.79. The smallest absolute Gasteiger partial charge is 0.322 e. The van der Waals surface area contributed by atoms with Crippen molar-refractivity contribution in [3.8, 4) is 0 Å². The molecule has 1 aromatic rings. The molecule has 1 saturated heterocycles. The summed E-state index contributed by atoms with van der Waals surface area (Å²) in [6.45, 7) is 4.70. The Morgan fingerprint density at radius 1 is 1.61 bits per heavy atom. The monoisotopic (exact) mass is 250 g/mol. The van der Waals surface area contributed by atoms with Gasteiger partial charge in [-0.3, -0.25) is 10.1 Å². The van der Waals surface area contributed by atoms with Crippen molar-refractivity contribution in [2.24, 2.45) is 0 Å². The number of anilines is 1. The highest BCUT2D eigenvalue weighted by atomic mass is 16.4. The molecule has 2 heterocycles. The first-order valence-corrected chi connectivity index (χ1v) is 6.25. The summed E-state index contributed by atoms with van der Waals surface area (Å²) in [4.78, 5) is 11.7. The highest BCUT2D eigenvalue weighted by Crippen LogP contribution is 2.22. The van der Waals surface area contributed by atoms with Crippen LogP contribution in [0.4, 0.5) is 6.01 Å². The van der Waals surface area contributed by atoms with E-state index in [9.17, 15) is 4.79 Å². The van der Waals surface area contributed by atoms with Gasteiger partial charge in [0.15, 0.2) is 0 Å². The van der Waals surface area contributed by atoms with Gasteiger partial charge in [-0.25, -0.2) is 0 Å². The molecule has 6 heteroatoms. The Balaban J connectivity index is 1.98. The number of carbonyl (C=O) groups excluding carboxylic acids is 1. The van der Waals surface area contributed by atoms with Crippen molar-refractivity contribution in [3.63, 3.8) is 0 Å². The van der Waals surface area contributed by atoms with Crippen LogP contribution in [-0.4, -0.2) is 22.6 Å². The summed E-state index contributed by atoms with van der Waals surface area (Å²) in [7, 11) is 0. The second-order valence-electron chi connectivity index (χ2n) is 4.34. The third kappa shape index (κ3) is 2.95. The van der Waals surface area contributed by atoms with Crippen molar-refractivity contribution in [3.05, 3.63) is 17.5 Å². The van der Waals surface area contributed by atoms with Crippen molar-refractivity contribution in [2.75, 3.05) is 11.9 Å². The molecule has 0 aromatic carbocycles. The van der Waals surface area contributed by atoms with Crippen LogP contribution < -0.4 is 10.6 Å². The minimum Gasteiger partial charge on any atom is -0.406 e. The lowest BCUT2D eigenvalue weighted by atomic mass is 10.2. The Bertz CT molecular complexity index is 447. The third-order valence-electron chi connectivity index (χ3n) is 2.89. The lowest BCUT2D eigenvalue weighted by molar-refractivity contribution is -0.112. The van der Waals surface area contributed by atoms with Crippen molar-refractivity contribution in [2.45, 2.75) is 39.2 Å². The van der Waals surface area contributed by atoms with Gasteiger partial charge in [-0.1, -0.05) is 18.1 Å². The van der Waals surface area contributed by atoms with E-state index < -0.39 is 0 Å². The Kier molecular flexibility index (Phi) is 4.09. The summed E-state index contributed by atoms with van der Waals surface area (Å²) in [5.74, 6) is 0.339. The molecule has 2 N–H and O–H groups in total. The van der Waals surface area contributed by atoms with E-state index >= 15 is 0 Å². The number of amides is 1. The summed E-state index contributed by atoms with van der Waals surface area (Å²) >= 11 is 0. The first kappa shape index (κ1) is 12.8. The minimum absolute atomic E-state index is 0.121. The fourth-order valence-corrected chi connectivity index (χ4v) is 1.92. The third-order valence-corrected chi connectivity index (χ3v) is 2.89. The summed E-state index contributed by atoms with van der Waals surface area (Å²) in [5, 5.41) is 13.6. The fraction of sp³-hybridized carbons (Fsp3) is 0.583. The highest BCUT2D eigenvalue weighted by molar-refractivity contribution is 6.01. The van der Waals surface area contributed by atoms with Crippen LogP contribution in [0.3, 0.4) is 0 Å². The topological polar surface area (TPSA) is 80.0 Å². The SMILES string of the molecule is CC/C=C(/C)C(=O)Nc1nnc(C2CCCN2)o1. The van der Waals surface area contributed by atoms with E-state index in [2.05, 4.69) is 20.8 Å². The van der Waals surface area contributed by atoms with Crippen LogP contribution in [-0.2, 0) is 4.79 Å². The molecule has 0 radical (unpaired) electrons. The molecule has 1 fully saturated rings. The van der Waals surface area contributed by atoms with E-state index in [4.69, 9.17) is 4.42 Å². The van der Waals surface area contributed by atoms with E-state index in [-0.39, 0.29) is 18.0 Å². The molecule has 1 unspecified atom stereocenters. The zero-order chi connectivity index (χ0) is 13.0. The van der Waals surface area contributed by atoms with Crippen LogP contribution in [0, 0.1) is 0 Å². The number of hydrogen-bond donors (Lipinski definition) is 2. The summed E-state index contributed by atoms with van der Waals surface area (Å²) in [5.41, 5.74) is 0.649. The first-order chi connectivity index (χ1) is 8.70. The first-order valence-electron chi connectivity index (χ1n) is 6.25. The molecule has 2 rings (SSSR count). The molecule has 98 valence electrons. The van der Waals surface area contributed by atoms with Gasteiger partial charge in [0, 0.05) is 5.57 Å². The molecule has 0 aliphatic carbocycles. The van der Waals surface area contributed by atoms with Gasteiger partial charge in [0.25, 0.3) is 5.91 Å². The molecule has 0 bridgehead atoms. The lowest BCUT2D eigenvalue weighted by Crippen LogP contribution is -2.13. The maximum Gasteiger partial charge on any atom is 0.322 e. The van der Waals surface area contributed by atoms with Crippen LogP contribution in [0.1, 0.15) is 45.0 Å². The van der Waals surface area contributed by atoms with Gasteiger partial charge >= 0.3 is 6.01 Å². The number of carbonyl (C=O) groups is 1. The van der Waals surface area contributed by atoms with Gasteiger partial charge in [0.2, 0.25) is 5.89 Å². The van der Waals surface area contributed by atoms with Crippen LogP contribution in [0.5, 0.6) is 0 Å². The quantitative estimate of drug-likeness (QED) is 0.796.